The molecule has 0 aliphatic carbocycles. The molecular weight excluding hydrogens is 312 g/mol. The topological polar surface area (TPSA) is 48.5 Å². The summed E-state index contributed by atoms with van der Waals surface area (Å²) >= 11 is 0. The van der Waals surface area contributed by atoms with Gasteiger partial charge < -0.3 is 10.2 Å². The number of carbonyl (C=O) groups is 1. The molecule has 5 heteroatoms. The predicted octanol–water partition coefficient (Wildman–Crippen LogP) is 2.60. The van der Waals surface area contributed by atoms with E-state index in [2.05, 4.69) is 58.5 Å². The van der Waals surface area contributed by atoms with Crippen molar-refractivity contribution in [2.75, 3.05) is 32.1 Å². The second-order valence-corrected chi connectivity index (χ2v) is 6.72. The number of pyridine rings is 1. The van der Waals surface area contributed by atoms with Crippen molar-refractivity contribution < 1.29 is 4.79 Å². The highest BCUT2D eigenvalue weighted by atomic mass is 16.2. The third kappa shape index (κ3) is 4.57. The molecule has 1 atom stereocenters. The van der Waals surface area contributed by atoms with E-state index < -0.39 is 0 Å². The summed E-state index contributed by atoms with van der Waals surface area (Å²) in [4.78, 5) is 21.0. The molecule has 25 heavy (non-hydrogen) atoms. The fraction of sp³-hybridized carbons (Fsp3) is 0.400. The Labute approximate surface area is 149 Å². The number of benzene rings is 1. The second-order valence-electron chi connectivity index (χ2n) is 6.72. The van der Waals surface area contributed by atoms with E-state index in [0.717, 1.165) is 25.1 Å². The second kappa shape index (κ2) is 8.12. The maximum Gasteiger partial charge on any atom is 0.234 e. The summed E-state index contributed by atoms with van der Waals surface area (Å²) in [7, 11) is 4.10. The molecule has 1 fully saturated rings. The highest BCUT2D eigenvalue weighted by molar-refractivity contribution is 5.78. The largest absolute Gasteiger partial charge is 0.378 e. The van der Waals surface area contributed by atoms with Gasteiger partial charge in [0, 0.05) is 32.0 Å². The summed E-state index contributed by atoms with van der Waals surface area (Å²) in [5, 5.41) is 2.98. The predicted molar refractivity (Wildman–Crippen MR) is 100 cm³/mol. The van der Waals surface area contributed by atoms with E-state index in [-0.39, 0.29) is 5.91 Å². The van der Waals surface area contributed by atoms with E-state index >= 15 is 0 Å². The molecular formula is C20H26N4O. The van der Waals surface area contributed by atoms with Crippen LogP contribution < -0.4 is 10.2 Å². The van der Waals surface area contributed by atoms with Crippen LogP contribution in [-0.2, 0) is 11.3 Å². The van der Waals surface area contributed by atoms with Gasteiger partial charge >= 0.3 is 0 Å². The molecule has 1 saturated heterocycles. The number of nitrogens with one attached hydrogen (secondary N) is 1. The fourth-order valence-electron chi connectivity index (χ4n) is 3.34. The molecule has 2 heterocycles. The molecule has 1 amide bonds. The van der Waals surface area contributed by atoms with Gasteiger partial charge in [-0.25, -0.2) is 0 Å². The summed E-state index contributed by atoms with van der Waals surface area (Å²) in [5.74, 6) is 0.0568. The van der Waals surface area contributed by atoms with Crippen LogP contribution in [0.3, 0.4) is 0 Å². The first-order valence-electron chi connectivity index (χ1n) is 8.81. The zero-order valence-corrected chi connectivity index (χ0v) is 15.0. The van der Waals surface area contributed by atoms with E-state index in [1.54, 1.807) is 6.20 Å². The Balaban J connectivity index is 1.60. The first-order valence-corrected chi connectivity index (χ1v) is 8.81. The summed E-state index contributed by atoms with van der Waals surface area (Å²) in [5.41, 5.74) is 3.37. The number of anilines is 1. The van der Waals surface area contributed by atoms with Crippen molar-refractivity contribution in [2.45, 2.75) is 25.4 Å². The lowest BCUT2D eigenvalue weighted by molar-refractivity contribution is -0.122. The average Bonchev–Trinajstić information content (AvgIpc) is 3.09. The highest BCUT2D eigenvalue weighted by Crippen LogP contribution is 2.33. The van der Waals surface area contributed by atoms with Gasteiger partial charge in [-0.3, -0.25) is 14.7 Å². The third-order valence-corrected chi connectivity index (χ3v) is 4.67. The lowest BCUT2D eigenvalue weighted by Crippen LogP contribution is -2.36. The van der Waals surface area contributed by atoms with Gasteiger partial charge in [-0.1, -0.05) is 18.2 Å². The van der Waals surface area contributed by atoms with Crippen LogP contribution in [0.5, 0.6) is 0 Å². The molecule has 3 rings (SSSR count). The molecule has 1 N–H and O–H groups in total. The zero-order chi connectivity index (χ0) is 17.6. The number of hydrogen-bond acceptors (Lipinski definition) is 4. The van der Waals surface area contributed by atoms with Crippen molar-refractivity contribution in [3.8, 4) is 0 Å². The Morgan fingerprint density at radius 1 is 1.28 bits per heavy atom. The number of nitrogens with zero attached hydrogens (tertiary/aromatic N) is 3. The van der Waals surface area contributed by atoms with E-state index in [1.807, 2.05) is 18.2 Å². The first-order chi connectivity index (χ1) is 12.1. The molecule has 1 aromatic carbocycles. The van der Waals surface area contributed by atoms with Gasteiger partial charge in [0.1, 0.15) is 0 Å². The minimum Gasteiger partial charge on any atom is -0.378 e. The van der Waals surface area contributed by atoms with Crippen LogP contribution in [0.25, 0.3) is 0 Å². The van der Waals surface area contributed by atoms with E-state index in [0.29, 0.717) is 19.1 Å². The quantitative estimate of drug-likeness (QED) is 0.879. The number of hydrogen-bond donors (Lipinski definition) is 1. The molecule has 0 spiro atoms. The number of amides is 1. The molecule has 1 aliphatic rings. The highest BCUT2D eigenvalue weighted by Gasteiger charge is 2.27. The number of carbonyl (C=O) groups excluding carboxylic acids is 1. The molecule has 132 valence electrons. The van der Waals surface area contributed by atoms with E-state index in [4.69, 9.17) is 0 Å². The summed E-state index contributed by atoms with van der Waals surface area (Å²) in [6.07, 6.45) is 3.98. The first kappa shape index (κ1) is 17.4. The smallest absolute Gasteiger partial charge is 0.234 e. The maximum atomic E-state index is 12.3. The average molecular weight is 338 g/mol. The minimum absolute atomic E-state index is 0.0568. The van der Waals surface area contributed by atoms with Crippen LogP contribution in [0.2, 0.25) is 0 Å². The standard InChI is InChI=1S/C20H26N4O/c1-23(2)18-9-5-7-16(13-18)19-10-6-12-24(19)15-20(25)22-14-17-8-3-4-11-21-17/h3-5,7-9,11,13,19H,6,10,12,14-15H2,1-2H3,(H,22,25)/t19-/m0/s1. The molecule has 5 nitrogen and oxygen atoms in total. The van der Waals surface area contributed by atoms with Crippen molar-refractivity contribution in [1.29, 1.82) is 0 Å². The van der Waals surface area contributed by atoms with Crippen LogP contribution >= 0.6 is 0 Å². The summed E-state index contributed by atoms with van der Waals surface area (Å²) in [6.45, 7) is 1.88. The van der Waals surface area contributed by atoms with E-state index in [1.165, 1.54) is 11.3 Å². The van der Waals surface area contributed by atoms with Crippen LogP contribution in [0.1, 0.15) is 30.1 Å². The minimum atomic E-state index is 0.0568. The Hall–Kier alpha value is -2.40. The Morgan fingerprint density at radius 2 is 2.16 bits per heavy atom. The number of likely N-dealkylation sites (tertiary alicyclic amines) is 1. The third-order valence-electron chi connectivity index (χ3n) is 4.67. The van der Waals surface area contributed by atoms with Gasteiger partial charge in [0.2, 0.25) is 5.91 Å². The molecule has 1 aliphatic heterocycles. The number of aromatic nitrogens is 1. The molecule has 0 radical (unpaired) electrons. The van der Waals surface area contributed by atoms with E-state index in [9.17, 15) is 4.79 Å². The number of rotatable bonds is 6. The van der Waals surface area contributed by atoms with Crippen molar-refractivity contribution in [3.05, 3.63) is 59.9 Å². The van der Waals surface area contributed by atoms with Gasteiger partial charge in [0.15, 0.2) is 0 Å². The zero-order valence-electron chi connectivity index (χ0n) is 15.0. The Bertz CT molecular complexity index is 702. The van der Waals surface area contributed by atoms with Gasteiger partial charge in [0.25, 0.3) is 0 Å². The van der Waals surface area contributed by atoms with Gasteiger partial charge in [-0.2, -0.15) is 0 Å². The molecule has 1 aromatic heterocycles. The lowest BCUT2D eigenvalue weighted by atomic mass is 10.0. The Kier molecular flexibility index (Phi) is 5.66. The summed E-state index contributed by atoms with van der Waals surface area (Å²) < 4.78 is 0. The normalized spacial score (nSPS) is 17.4. The van der Waals surface area contributed by atoms with Crippen molar-refractivity contribution in [1.82, 2.24) is 15.2 Å². The van der Waals surface area contributed by atoms with Gasteiger partial charge in [0.05, 0.1) is 18.8 Å². The van der Waals surface area contributed by atoms with Gasteiger partial charge in [-0.05, 0) is 49.2 Å². The molecule has 0 unspecified atom stereocenters. The monoisotopic (exact) mass is 338 g/mol. The maximum absolute atomic E-state index is 12.3. The lowest BCUT2D eigenvalue weighted by Gasteiger charge is -2.25. The van der Waals surface area contributed by atoms with Gasteiger partial charge in [-0.15, -0.1) is 0 Å². The summed E-state index contributed by atoms with van der Waals surface area (Å²) in [6, 6.07) is 14.7. The fourth-order valence-corrected chi connectivity index (χ4v) is 3.34. The van der Waals surface area contributed by atoms with Crippen molar-refractivity contribution in [2.24, 2.45) is 0 Å². The molecule has 0 bridgehead atoms. The molecule has 2 aromatic rings. The van der Waals surface area contributed by atoms with Crippen molar-refractivity contribution in [3.63, 3.8) is 0 Å². The van der Waals surface area contributed by atoms with Crippen LogP contribution in [0.4, 0.5) is 5.69 Å². The van der Waals surface area contributed by atoms with Crippen molar-refractivity contribution >= 4 is 11.6 Å². The van der Waals surface area contributed by atoms with Crippen LogP contribution in [0, 0.1) is 0 Å². The van der Waals surface area contributed by atoms with Crippen LogP contribution in [-0.4, -0.2) is 43.0 Å². The molecule has 0 saturated carbocycles. The SMILES string of the molecule is CN(C)c1cccc([C@@H]2CCCN2CC(=O)NCc2ccccn2)c1. The Morgan fingerprint density at radius 3 is 2.92 bits per heavy atom. The van der Waals surface area contributed by atoms with Crippen LogP contribution in [0.15, 0.2) is 48.7 Å².